The molecule has 79 heavy (non-hydrogen) atoms. The van der Waals surface area contributed by atoms with Crippen molar-refractivity contribution >= 4 is 11.9 Å². The number of aliphatic hydroxyl groups is 5. The Labute approximate surface area is 483 Å². The highest BCUT2D eigenvalue weighted by Crippen LogP contribution is 2.26. The molecule has 8 unspecified atom stereocenters. The van der Waals surface area contributed by atoms with Gasteiger partial charge in [0.25, 0.3) is 0 Å². The van der Waals surface area contributed by atoms with Gasteiger partial charge in [0.2, 0.25) is 5.91 Å². The average molecular weight is 1110 g/mol. The zero-order chi connectivity index (χ0) is 57.5. The number of aliphatic hydroxyl groups excluding tert-OH is 5. The Morgan fingerprint density at radius 3 is 1.33 bits per heavy atom. The molecule has 1 saturated heterocycles. The molecule has 0 spiro atoms. The number of esters is 1. The molecule has 458 valence electrons. The summed E-state index contributed by atoms with van der Waals surface area (Å²) >= 11 is 0. The number of amides is 1. The van der Waals surface area contributed by atoms with E-state index in [4.69, 9.17) is 14.2 Å². The van der Waals surface area contributed by atoms with Gasteiger partial charge in [-0.05, 0) is 96.3 Å². The van der Waals surface area contributed by atoms with Crippen LogP contribution in [0.25, 0.3) is 0 Å². The van der Waals surface area contributed by atoms with Crippen LogP contribution in [0, 0.1) is 0 Å². The minimum absolute atomic E-state index is 0.112. The normalized spacial score (nSPS) is 19.3. The second-order valence-corrected chi connectivity index (χ2v) is 22.5. The van der Waals surface area contributed by atoms with Crippen molar-refractivity contribution in [3.05, 3.63) is 72.9 Å². The fourth-order valence-corrected chi connectivity index (χ4v) is 9.86. The van der Waals surface area contributed by atoms with E-state index in [0.29, 0.717) is 12.8 Å². The summed E-state index contributed by atoms with van der Waals surface area (Å²) in [4.78, 5) is 26.6. The van der Waals surface area contributed by atoms with Crippen LogP contribution in [0.1, 0.15) is 284 Å². The van der Waals surface area contributed by atoms with Gasteiger partial charge >= 0.3 is 5.97 Å². The first-order valence-electron chi connectivity index (χ1n) is 32.7. The van der Waals surface area contributed by atoms with E-state index in [2.05, 4.69) is 86.8 Å². The molecule has 1 fully saturated rings. The number of hydrogen-bond acceptors (Lipinski definition) is 10. The van der Waals surface area contributed by atoms with E-state index in [-0.39, 0.29) is 19.4 Å². The molecule has 0 saturated carbocycles. The Morgan fingerprint density at radius 1 is 0.494 bits per heavy atom. The number of carbonyl (C=O) groups is 2. The standard InChI is InChI=1S/C68H121NO10/c1-4-7-10-13-16-19-22-25-27-29-30-31-32-33-35-38-41-44-47-50-53-56-63(73)79-66-65(75)64(74)62(57-70)78-68(66)77-58-59(60(71)54-51-48-45-42-39-36-24-21-18-15-12-9-6-3)69-67(76)61(72)55-52-49-46-43-40-37-34-28-26-23-20-17-14-11-8-5-2/h16-17,19-20,25-28,30-31,51,54,59-62,64-66,68,70-72,74-75H,4-15,18,21-24,29,32-50,52-53,55-58H2,1-3H3,(H,69,76)/b19-16-,20-17-,27-25-,28-26-,31-30-,54-51+. The average Bonchev–Trinajstić information content (AvgIpc) is 3.49. The van der Waals surface area contributed by atoms with Crippen LogP contribution in [0.15, 0.2) is 72.9 Å². The van der Waals surface area contributed by atoms with E-state index in [0.717, 1.165) is 109 Å². The Kier molecular flexibility index (Phi) is 52.2. The maximum Gasteiger partial charge on any atom is 0.306 e. The minimum atomic E-state index is -1.62. The summed E-state index contributed by atoms with van der Waals surface area (Å²) in [5.74, 6) is -1.21. The maximum atomic E-state index is 13.4. The van der Waals surface area contributed by atoms with E-state index >= 15 is 0 Å². The smallest absolute Gasteiger partial charge is 0.306 e. The highest BCUT2D eigenvalue weighted by molar-refractivity contribution is 5.80. The fraction of sp³-hybridized carbons (Fsp3) is 0.794. The van der Waals surface area contributed by atoms with Gasteiger partial charge in [-0.2, -0.15) is 0 Å². The molecule has 6 N–H and O–H groups in total. The number of carbonyl (C=O) groups excluding carboxylic acids is 2. The highest BCUT2D eigenvalue weighted by atomic mass is 16.7. The predicted molar refractivity (Wildman–Crippen MR) is 329 cm³/mol. The van der Waals surface area contributed by atoms with E-state index in [1.165, 1.54) is 128 Å². The minimum Gasteiger partial charge on any atom is -0.454 e. The van der Waals surface area contributed by atoms with Gasteiger partial charge in [0, 0.05) is 6.42 Å². The lowest BCUT2D eigenvalue weighted by Crippen LogP contribution is -2.61. The molecule has 1 aliphatic heterocycles. The van der Waals surface area contributed by atoms with Gasteiger partial charge in [-0.15, -0.1) is 0 Å². The van der Waals surface area contributed by atoms with Crippen LogP contribution in [0.5, 0.6) is 0 Å². The third kappa shape index (κ3) is 43.5. The van der Waals surface area contributed by atoms with Crippen molar-refractivity contribution in [3.8, 4) is 0 Å². The van der Waals surface area contributed by atoms with Crippen molar-refractivity contribution in [1.82, 2.24) is 5.32 Å². The van der Waals surface area contributed by atoms with Crippen molar-refractivity contribution in [2.45, 2.75) is 333 Å². The monoisotopic (exact) mass is 1110 g/mol. The van der Waals surface area contributed by atoms with Crippen LogP contribution in [-0.4, -0.2) is 99.6 Å². The Morgan fingerprint density at radius 2 is 0.873 bits per heavy atom. The van der Waals surface area contributed by atoms with Crippen molar-refractivity contribution < 1.29 is 49.3 Å². The highest BCUT2D eigenvalue weighted by Gasteiger charge is 2.47. The third-order valence-electron chi connectivity index (χ3n) is 15.1. The molecule has 11 heteroatoms. The topological polar surface area (TPSA) is 175 Å². The van der Waals surface area contributed by atoms with E-state index in [9.17, 15) is 35.1 Å². The number of hydrogen-bond donors (Lipinski definition) is 6. The maximum absolute atomic E-state index is 13.4. The molecule has 0 aromatic rings. The molecular formula is C68H121NO10. The summed E-state index contributed by atoms with van der Waals surface area (Å²) in [7, 11) is 0. The molecular weight excluding hydrogens is 991 g/mol. The van der Waals surface area contributed by atoms with Crippen LogP contribution in [0.2, 0.25) is 0 Å². The lowest BCUT2D eigenvalue weighted by Gasteiger charge is -2.41. The quantitative estimate of drug-likeness (QED) is 0.0195. The van der Waals surface area contributed by atoms with E-state index in [1.54, 1.807) is 6.08 Å². The first-order valence-corrected chi connectivity index (χ1v) is 32.7. The molecule has 0 aromatic heterocycles. The van der Waals surface area contributed by atoms with Gasteiger partial charge in [-0.1, -0.05) is 254 Å². The second kappa shape index (κ2) is 55.6. The van der Waals surface area contributed by atoms with Gasteiger partial charge < -0.3 is 45.1 Å². The van der Waals surface area contributed by atoms with Crippen LogP contribution >= 0.6 is 0 Å². The zero-order valence-electron chi connectivity index (χ0n) is 50.7. The molecule has 0 aliphatic carbocycles. The van der Waals surface area contributed by atoms with Gasteiger partial charge in [0.15, 0.2) is 12.4 Å². The third-order valence-corrected chi connectivity index (χ3v) is 15.1. The summed E-state index contributed by atoms with van der Waals surface area (Å²) in [6.07, 6.45) is 60.7. The lowest BCUT2D eigenvalue weighted by molar-refractivity contribution is -0.305. The van der Waals surface area contributed by atoms with Crippen LogP contribution in [0.4, 0.5) is 0 Å². The first kappa shape index (κ1) is 74.1. The first-order chi connectivity index (χ1) is 38.7. The molecule has 11 nitrogen and oxygen atoms in total. The summed E-state index contributed by atoms with van der Waals surface area (Å²) in [6.45, 7) is 5.74. The summed E-state index contributed by atoms with van der Waals surface area (Å²) in [5.41, 5.74) is 0. The number of unbranched alkanes of at least 4 members (excludes halogenated alkanes) is 31. The zero-order valence-corrected chi connectivity index (χ0v) is 50.7. The van der Waals surface area contributed by atoms with Crippen molar-refractivity contribution in [1.29, 1.82) is 0 Å². The van der Waals surface area contributed by atoms with Gasteiger partial charge in [-0.3, -0.25) is 9.59 Å². The molecule has 8 atom stereocenters. The van der Waals surface area contributed by atoms with Crippen LogP contribution in [0.3, 0.4) is 0 Å². The summed E-state index contributed by atoms with van der Waals surface area (Å²) in [5, 5.41) is 57.1. The van der Waals surface area contributed by atoms with Gasteiger partial charge in [-0.25, -0.2) is 0 Å². The van der Waals surface area contributed by atoms with Crippen LogP contribution < -0.4 is 5.32 Å². The number of ether oxygens (including phenoxy) is 3. The predicted octanol–water partition coefficient (Wildman–Crippen LogP) is 16.0. The molecule has 1 aliphatic rings. The van der Waals surface area contributed by atoms with Gasteiger partial charge in [0.05, 0.1) is 25.4 Å². The number of rotatable bonds is 55. The molecule has 0 radical (unpaired) electrons. The molecule has 0 bridgehead atoms. The van der Waals surface area contributed by atoms with Gasteiger partial charge in [0.1, 0.15) is 24.4 Å². The van der Waals surface area contributed by atoms with Crippen molar-refractivity contribution in [3.63, 3.8) is 0 Å². The fourth-order valence-electron chi connectivity index (χ4n) is 9.86. The Balaban J connectivity index is 2.66. The van der Waals surface area contributed by atoms with Crippen molar-refractivity contribution in [2.75, 3.05) is 13.2 Å². The Bertz CT molecular complexity index is 1560. The molecule has 1 amide bonds. The van der Waals surface area contributed by atoms with E-state index < -0.39 is 67.4 Å². The largest absolute Gasteiger partial charge is 0.454 e. The lowest BCUT2D eigenvalue weighted by atomic mass is 9.99. The molecule has 1 rings (SSSR count). The molecule has 0 aromatic carbocycles. The Hall–Kier alpha value is -2.90. The summed E-state index contributed by atoms with van der Waals surface area (Å²) in [6, 6.07) is -1.03. The second-order valence-electron chi connectivity index (χ2n) is 22.5. The van der Waals surface area contributed by atoms with Crippen molar-refractivity contribution in [2.24, 2.45) is 0 Å². The number of nitrogens with one attached hydrogen (secondary N) is 1. The SMILES string of the molecule is CCCCC/C=C\C/C=C\C/C=C\CCCCCCCCCCC(=O)OC1C(OCC(NC(=O)C(O)CCCCCCCC/C=C\C/C=C\CCCCC)C(O)/C=C/CCCCCCCCCCCCC)OC(CO)C(O)C1O. The van der Waals surface area contributed by atoms with E-state index in [1.807, 2.05) is 6.08 Å². The number of allylic oxidation sites excluding steroid dienone is 11. The molecule has 1 heterocycles. The van der Waals surface area contributed by atoms with Crippen LogP contribution in [-0.2, 0) is 23.8 Å². The summed E-state index contributed by atoms with van der Waals surface area (Å²) < 4.78 is 17.6.